The average Bonchev–Trinajstić information content (AvgIpc) is 3.34. The van der Waals surface area contributed by atoms with Crippen molar-refractivity contribution in [1.82, 2.24) is 9.55 Å². The number of likely N-dealkylation sites (N-methyl/N-ethyl adjacent to an activating group) is 1. The number of rotatable bonds is 5. The van der Waals surface area contributed by atoms with E-state index in [1.165, 1.54) is 11.3 Å². The summed E-state index contributed by atoms with van der Waals surface area (Å²) >= 11 is 1.57. The van der Waals surface area contributed by atoms with Crippen LogP contribution in [-0.2, 0) is 6.42 Å². The van der Waals surface area contributed by atoms with Crippen LogP contribution >= 0.6 is 11.8 Å². The van der Waals surface area contributed by atoms with E-state index in [1.54, 1.807) is 18.0 Å². The summed E-state index contributed by atoms with van der Waals surface area (Å²) in [5.74, 6) is -0.108. The molecule has 0 saturated heterocycles. The monoisotopic (exact) mass is 378 g/mol. The van der Waals surface area contributed by atoms with Gasteiger partial charge in [-0.2, -0.15) is 0 Å². The van der Waals surface area contributed by atoms with Gasteiger partial charge in [-0.15, -0.1) is 0 Å². The first-order valence-corrected chi connectivity index (χ1v) is 10.3. The lowest BCUT2D eigenvalue weighted by Gasteiger charge is -2.17. The molecule has 0 unspecified atom stereocenters. The molecule has 0 aliphatic carbocycles. The number of anilines is 2. The Hall–Kier alpha value is -2.73. The van der Waals surface area contributed by atoms with E-state index in [0.29, 0.717) is 5.56 Å². The lowest BCUT2D eigenvalue weighted by Crippen LogP contribution is -2.19. The van der Waals surface area contributed by atoms with Crippen molar-refractivity contribution in [2.75, 3.05) is 29.6 Å². The molecule has 1 aliphatic rings. The number of carbonyl (C=O) groups is 1. The molecular weight excluding hydrogens is 356 g/mol. The third kappa shape index (κ3) is 3.45. The second-order valence-corrected chi connectivity index (χ2v) is 7.23. The molecule has 0 bridgehead atoms. The number of fused-ring (bicyclic) bond motifs is 1. The number of carbonyl (C=O) groups excluding carboxylic acids is 1. The highest BCUT2D eigenvalue weighted by atomic mass is 32.2. The fourth-order valence-electron chi connectivity index (χ4n) is 3.49. The number of amides is 1. The van der Waals surface area contributed by atoms with E-state index < -0.39 is 0 Å². The largest absolute Gasteiger partial charge is 0.371 e. The van der Waals surface area contributed by atoms with Crippen LogP contribution in [0.1, 0.15) is 22.8 Å². The lowest BCUT2D eigenvalue weighted by atomic mass is 10.1. The van der Waals surface area contributed by atoms with E-state index in [4.69, 9.17) is 0 Å². The van der Waals surface area contributed by atoms with Gasteiger partial charge in [0.1, 0.15) is 0 Å². The minimum atomic E-state index is -0.108. The Morgan fingerprint density at radius 3 is 2.96 bits per heavy atom. The van der Waals surface area contributed by atoms with E-state index in [-0.39, 0.29) is 5.91 Å². The molecule has 27 heavy (non-hydrogen) atoms. The van der Waals surface area contributed by atoms with Gasteiger partial charge in [-0.3, -0.25) is 9.36 Å². The Morgan fingerprint density at radius 2 is 2.15 bits per heavy atom. The molecule has 2 heterocycles. The number of nitrogens with one attached hydrogen (secondary N) is 1. The summed E-state index contributed by atoms with van der Waals surface area (Å²) in [6.45, 7) is 4.19. The first kappa shape index (κ1) is 17.7. The zero-order valence-electron chi connectivity index (χ0n) is 15.5. The quantitative estimate of drug-likeness (QED) is 0.675. The van der Waals surface area contributed by atoms with Crippen LogP contribution in [0.4, 0.5) is 11.4 Å². The van der Waals surface area contributed by atoms with Crippen LogP contribution in [0, 0.1) is 0 Å². The molecule has 1 aromatic heterocycles. The standard InChI is InChI=1S/C21H22N4OS/c1-3-24-11-9-15-7-8-17(14-19(15)24)23-20(26)16-5-4-6-18(13-16)25-12-10-22-21(25)27-2/h4-8,10,12-14H,3,9,11H2,1-2H3,(H,23,26). The minimum Gasteiger partial charge on any atom is -0.371 e. The van der Waals surface area contributed by atoms with E-state index in [0.717, 1.165) is 36.0 Å². The number of imidazole rings is 1. The van der Waals surface area contributed by atoms with Gasteiger partial charge in [0.2, 0.25) is 0 Å². The van der Waals surface area contributed by atoms with E-state index in [9.17, 15) is 4.79 Å². The van der Waals surface area contributed by atoms with Crippen LogP contribution in [0.5, 0.6) is 0 Å². The maximum Gasteiger partial charge on any atom is 0.255 e. The van der Waals surface area contributed by atoms with Crippen LogP contribution in [0.15, 0.2) is 60.0 Å². The van der Waals surface area contributed by atoms with Gasteiger partial charge in [-0.25, -0.2) is 4.98 Å². The molecule has 5 nitrogen and oxygen atoms in total. The van der Waals surface area contributed by atoms with Crippen molar-refractivity contribution >= 4 is 29.0 Å². The third-order valence-corrected chi connectivity index (χ3v) is 5.56. The summed E-state index contributed by atoms with van der Waals surface area (Å²) in [7, 11) is 0. The van der Waals surface area contributed by atoms with Crippen LogP contribution in [0.25, 0.3) is 5.69 Å². The van der Waals surface area contributed by atoms with Crippen LogP contribution in [0.3, 0.4) is 0 Å². The Bertz CT molecular complexity index is 982. The molecule has 0 fully saturated rings. The first-order chi connectivity index (χ1) is 13.2. The molecule has 3 aromatic rings. The van der Waals surface area contributed by atoms with Crippen LogP contribution < -0.4 is 10.2 Å². The number of hydrogen-bond acceptors (Lipinski definition) is 4. The summed E-state index contributed by atoms with van der Waals surface area (Å²) in [6, 6.07) is 13.8. The molecule has 1 N–H and O–H groups in total. The SMILES string of the molecule is CCN1CCc2ccc(NC(=O)c3cccc(-n4ccnc4SC)c3)cc21. The van der Waals surface area contributed by atoms with Gasteiger partial charge in [0.15, 0.2) is 5.16 Å². The Kier molecular flexibility index (Phi) is 4.90. The highest BCUT2D eigenvalue weighted by molar-refractivity contribution is 7.98. The molecule has 6 heteroatoms. The van der Waals surface area contributed by atoms with Crippen molar-refractivity contribution in [2.45, 2.75) is 18.5 Å². The van der Waals surface area contributed by atoms with Crippen molar-refractivity contribution < 1.29 is 4.79 Å². The van der Waals surface area contributed by atoms with Crippen LogP contribution in [0.2, 0.25) is 0 Å². The molecule has 0 saturated carbocycles. The second-order valence-electron chi connectivity index (χ2n) is 6.46. The maximum atomic E-state index is 12.8. The van der Waals surface area contributed by atoms with Crippen molar-refractivity contribution in [1.29, 1.82) is 0 Å². The Morgan fingerprint density at radius 1 is 1.26 bits per heavy atom. The van der Waals surface area contributed by atoms with E-state index >= 15 is 0 Å². The fraction of sp³-hybridized carbons (Fsp3) is 0.238. The first-order valence-electron chi connectivity index (χ1n) is 9.06. The zero-order valence-corrected chi connectivity index (χ0v) is 16.3. The molecule has 2 aromatic carbocycles. The second kappa shape index (κ2) is 7.48. The van der Waals surface area contributed by atoms with Crippen molar-refractivity contribution in [3.8, 4) is 5.69 Å². The van der Waals surface area contributed by atoms with Gasteiger partial charge in [-0.05, 0) is 55.5 Å². The topological polar surface area (TPSA) is 50.2 Å². The predicted octanol–water partition coefficient (Wildman–Crippen LogP) is 4.23. The minimum absolute atomic E-state index is 0.108. The van der Waals surface area contributed by atoms with E-state index in [1.807, 2.05) is 47.4 Å². The smallest absolute Gasteiger partial charge is 0.255 e. The molecule has 4 rings (SSSR count). The van der Waals surface area contributed by atoms with Crippen molar-refractivity contribution in [2.24, 2.45) is 0 Å². The van der Waals surface area contributed by atoms with Gasteiger partial charge in [0.05, 0.1) is 0 Å². The van der Waals surface area contributed by atoms with Gasteiger partial charge in [0.25, 0.3) is 5.91 Å². The number of aromatic nitrogens is 2. The maximum absolute atomic E-state index is 12.8. The number of hydrogen-bond donors (Lipinski definition) is 1. The average molecular weight is 379 g/mol. The normalized spacial score (nSPS) is 12.9. The molecule has 1 amide bonds. The summed E-state index contributed by atoms with van der Waals surface area (Å²) < 4.78 is 1.98. The highest BCUT2D eigenvalue weighted by Gasteiger charge is 2.18. The number of benzene rings is 2. The van der Waals surface area contributed by atoms with Gasteiger partial charge in [-0.1, -0.05) is 23.9 Å². The predicted molar refractivity (Wildman–Crippen MR) is 111 cm³/mol. The van der Waals surface area contributed by atoms with Crippen molar-refractivity contribution in [3.05, 3.63) is 66.0 Å². The third-order valence-electron chi connectivity index (χ3n) is 4.89. The molecule has 138 valence electrons. The van der Waals surface area contributed by atoms with E-state index in [2.05, 4.69) is 34.3 Å². The summed E-state index contributed by atoms with van der Waals surface area (Å²) in [4.78, 5) is 19.5. The molecule has 0 spiro atoms. The number of nitrogens with zero attached hydrogens (tertiary/aromatic N) is 3. The highest BCUT2D eigenvalue weighted by Crippen LogP contribution is 2.30. The Balaban J connectivity index is 1.57. The fourth-order valence-corrected chi connectivity index (χ4v) is 4.02. The van der Waals surface area contributed by atoms with Crippen molar-refractivity contribution in [3.63, 3.8) is 0 Å². The van der Waals surface area contributed by atoms with Gasteiger partial charge in [0, 0.05) is 48.1 Å². The molecular formula is C21H22N4OS. The summed E-state index contributed by atoms with van der Waals surface area (Å²) in [6.07, 6.45) is 6.73. The molecule has 0 radical (unpaired) electrons. The summed E-state index contributed by atoms with van der Waals surface area (Å²) in [5.41, 5.74) is 4.96. The van der Waals surface area contributed by atoms with Crippen LogP contribution in [-0.4, -0.2) is 34.8 Å². The van der Waals surface area contributed by atoms with Gasteiger partial charge < -0.3 is 10.2 Å². The number of thioether (sulfide) groups is 1. The molecule has 0 atom stereocenters. The molecule has 1 aliphatic heterocycles. The summed E-state index contributed by atoms with van der Waals surface area (Å²) in [5, 5.41) is 3.93. The van der Waals surface area contributed by atoms with Gasteiger partial charge >= 0.3 is 0 Å². The lowest BCUT2D eigenvalue weighted by molar-refractivity contribution is 0.102. The zero-order chi connectivity index (χ0) is 18.8. The Labute approximate surface area is 163 Å².